The molecule has 2 aromatic heterocycles. The summed E-state index contributed by atoms with van der Waals surface area (Å²) < 4.78 is 5.67. The Labute approximate surface area is 174 Å². The first-order valence-electron chi connectivity index (χ1n) is 8.36. The second-order valence-electron chi connectivity index (χ2n) is 6.06. The number of aromatic amines is 1. The first-order chi connectivity index (χ1) is 14.0. The maximum Gasteiger partial charge on any atom is 0.259 e. The van der Waals surface area contributed by atoms with Gasteiger partial charge < -0.3 is 14.5 Å². The third-order valence-corrected chi connectivity index (χ3v) is 4.78. The van der Waals surface area contributed by atoms with Gasteiger partial charge in [-0.2, -0.15) is 5.26 Å². The van der Waals surface area contributed by atoms with Gasteiger partial charge >= 0.3 is 0 Å². The van der Waals surface area contributed by atoms with Crippen LogP contribution < -0.4 is 5.56 Å². The molecule has 0 aliphatic rings. The third-order valence-electron chi connectivity index (χ3n) is 4.23. The van der Waals surface area contributed by atoms with E-state index in [0.717, 1.165) is 0 Å². The van der Waals surface area contributed by atoms with Crippen molar-refractivity contribution >= 4 is 45.4 Å². The summed E-state index contributed by atoms with van der Waals surface area (Å²) in [6.07, 6.45) is 0. The Bertz CT molecular complexity index is 1380. The van der Waals surface area contributed by atoms with Crippen LogP contribution in [0.3, 0.4) is 0 Å². The quantitative estimate of drug-likeness (QED) is 0.337. The number of para-hydroxylation sites is 1. The van der Waals surface area contributed by atoms with Gasteiger partial charge in [-0.15, -0.1) is 0 Å². The van der Waals surface area contributed by atoms with Gasteiger partial charge in [0.25, 0.3) is 5.56 Å². The number of aliphatic hydroxyl groups is 1. The number of aromatic nitrogens is 2. The van der Waals surface area contributed by atoms with E-state index in [9.17, 15) is 15.2 Å². The highest BCUT2D eigenvalue weighted by molar-refractivity contribution is 6.36. The summed E-state index contributed by atoms with van der Waals surface area (Å²) in [5.74, 6) is -0.109. The maximum absolute atomic E-state index is 12.3. The fourth-order valence-corrected chi connectivity index (χ4v) is 3.35. The average molecular weight is 424 g/mol. The van der Waals surface area contributed by atoms with Gasteiger partial charge in [-0.05, 0) is 42.5 Å². The van der Waals surface area contributed by atoms with E-state index in [0.29, 0.717) is 32.3 Å². The number of hydrogen-bond donors (Lipinski definition) is 2. The minimum absolute atomic E-state index is 0.0263. The first-order valence-corrected chi connectivity index (χ1v) is 9.12. The van der Waals surface area contributed by atoms with Gasteiger partial charge in [0.2, 0.25) is 0 Å². The Balaban J connectivity index is 1.81. The summed E-state index contributed by atoms with van der Waals surface area (Å²) >= 11 is 12.1. The second kappa shape index (κ2) is 7.47. The van der Waals surface area contributed by atoms with E-state index in [4.69, 9.17) is 27.6 Å². The molecule has 0 amide bonds. The van der Waals surface area contributed by atoms with Crippen LogP contribution in [0.15, 0.2) is 63.8 Å². The largest absolute Gasteiger partial charge is 0.503 e. The van der Waals surface area contributed by atoms with E-state index < -0.39 is 11.3 Å². The molecular weight excluding hydrogens is 413 g/mol. The average Bonchev–Trinajstić information content (AvgIpc) is 3.18. The zero-order valence-electron chi connectivity index (χ0n) is 14.6. The maximum atomic E-state index is 12.3. The van der Waals surface area contributed by atoms with Crippen molar-refractivity contribution in [2.75, 3.05) is 0 Å². The summed E-state index contributed by atoms with van der Waals surface area (Å²) in [6.45, 7) is 0. The summed E-state index contributed by atoms with van der Waals surface area (Å²) in [5, 5.41) is 21.4. The number of H-pyrrole nitrogens is 1. The van der Waals surface area contributed by atoms with Gasteiger partial charge in [-0.1, -0.05) is 35.3 Å². The number of hydrogen-bond acceptors (Lipinski definition) is 5. The molecule has 0 radical (unpaired) electrons. The zero-order valence-corrected chi connectivity index (χ0v) is 16.1. The molecule has 0 unspecified atom stereocenters. The van der Waals surface area contributed by atoms with Crippen molar-refractivity contribution in [2.45, 2.75) is 0 Å². The lowest BCUT2D eigenvalue weighted by molar-refractivity contribution is 0.465. The minimum Gasteiger partial charge on any atom is -0.503 e. The molecule has 2 heterocycles. The van der Waals surface area contributed by atoms with E-state index >= 15 is 0 Å². The van der Waals surface area contributed by atoms with Crippen LogP contribution in [0.4, 0.5) is 0 Å². The highest BCUT2D eigenvalue weighted by Crippen LogP contribution is 2.33. The van der Waals surface area contributed by atoms with Gasteiger partial charge in [-0.25, -0.2) is 4.98 Å². The monoisotopic (exact) mass is 423 g/mol. The SMILES string of the molecule is N#C/C(=C(/O)c1ccc(-c2ccc(Cl)cc2Cl)o1)c1nc2ccccc2c(=O)[nH]1. The summed E-state index contributed by atoms with van der Waals surface area (Å²) in [7, 11) is 0. The van der Waals surface area contributed by atoms with Crippen molar-refractivity contribution in [3.8, 4) is 17.4 Å². The molecule has 0 aliphatic heterocycles. The van der Waals surface area contributed by atoms with Crippen LogP contribution >= 0.6 is 23.2 Å². The van der Waals surface area contributed by atoms with E-state index in [1.54, 1.807) is 48.5 Å². The van der Waals surface area contributed by atoms with Crippen LogP contribution in [0.2, 0.25) is 10.0 Å². The Morgan fingerprint density at radius 1 is 1.14 bits per heavy atom. The molecule has 29 heavy (non-hydrogen) atoms. The predicted octanol–water partition coefficient (Wildman–Crippen LogP) is 5.44. The molecule has 8 heteroatoms. The normalized spacial score (nSPS) is 11.9. The molecule has 142 valence electrons. The summed E-state index contributed by atoms with van der Waals surface area (Å²) in [4.78, 5) is 19.1. The number of rotatable bonds is 3. The van der Waals surface area contributed by atoms with Crippen LogP contribution in [0.1, 0.15) is 11.6 Å². The lowest BCUT2D eigenvalue weighted by atomic mass is 10.1. The van der Waals surface area contributed by atoms with Crippen molar-refractivity contribution in [2.24, 2.45) is 0 Å². The smallest absolute Gasteiger partial charge is 0.259 e. The summed E-state index contributed by atoms with van der Waals surface area (Å²) in [5.41, 5.74) is 0.334. The van der Waals surface area contributed by atoms with Gasteiger partial charge in [-0.3, -0.25) is 4.79 Å². The van der Waals surface area contributed by atoms with E-state index in [1.165, 1.54) is 6.07 Å². The molecule has 0 bridgehead atoms. The Kier molecular flexibility index (Phi) is 4.85. The van der Waals surface area contributed by atoms with Gasteiger partial charge in [0, 0.05) is 10.6 Å². The highest BCUT2D eigenvalue weighted by atomic mass is 35.5. The molecule has 2 N–H and O–H groups in total. The second-order valence-corrected chi connectivity index (χ2v) is 6.90. The molecule has 0 saturated carbocycles. The number of aliphatic hydroxyl groups excluding tert-OH is 1. The Morgan fingerprint density at radius 3 is 2.69 bits per heavy atom. The van der Waals surface area contributed by atoms with Crippen molar-refractivity contribution < 1.29 is 9.52 Å². The van der Waals surface area contributed by atoms with Gasteiger partial charge in [0.15, 0.2) is 17.3 Å². The molecular formula is C21H11Cl2N3O3. The van der Waals surface area contributed by atoms with Crippen LogP contribution in [0.5, 0.6) is 0 Å². The molecule has 0 fully saturated rings. The van der Waals surface area contributed by atoms with Crippen LogP contribution in [-0.4, -0.2) is 15.1 Å². The van der Waals surface area contributed by atoms with Crippen molar-refractivity contribution in [1.29, 1.82) is 5.26 Å². The van der Waals surface area contributed by atoms with Gasteiger partial charge in [0.1, 0.15) is 17.4 Å². The first kappa shape index (κ1) is 18.8. The molecule has 4 aromatic rings. The van der Waals surface area contributed by atoms with Crippen molar-refractivity contribution in [1.82, 2.24) is 9.97 Å². The molecule has 0 aliphatic carbocycles. The molecule has 6 nitrogen and oxygen atoms in total. The number of nitrogens with one attached hydrogen (secondary N) is 1. The molecule has 0 saturated heterocycles. The third kappa shape index (κ3) is 3.49. The number of nitriles is 1. The molecule has 4 rings (SSSR count). The number of halogens is 2. The van der Waals surface area contributed by atoms with Crippen LogP contribution in [0, 0.1) is 11.3 Å². The number of furan rings is 1. The zero-order chi connectivity index (χ0) is 20.5. The van der Waals surface area contributed by atoms with E-state index in [-0.39, 0.29) is 17.2 Å². The lowest BCUT2D eigenvalue weighted by Gasteiger charge is -2.04. The molecule has 0 atom stereocenters. The number of fused-ring (bicyclic) bond motifs is 1. The predicted molar refractivity (Wildman–Crippen MR) is 112 cm³/mol. The standard InChI is InChI=1S/C21H11Cl2N3O3/c22-11-5-6-12(15(23)9-11)17-7-8-18(29-17)19(27)14(10-24)20-25-16-4-2-1-3-13(16)21(28)26-20/h1-9,27H,(H,25,26,28)/b19-14-. The Hall–Kier alpha value is -3.53. The van der Waals surface area contributed by atoms with Gasteiger partial charge in [0.05, 0.1) is 15.9 Å². The topological polar surface area (TPSA) is 103 Å². The lowest BCUT2D eigenvalue weighted by Crippen LogP contribution is -2.11. The van der Waals surface area contributed by atoms with Crippen LogP contribution in [0.25, 0.3) is 33.6 Å². The molecule has 2 aromatic carbocycles. The van der Waals surface area contributed by atoms with E-state index in [2.05, 4.69) is 9.97 Å². The highest BCUT2D eigenvalue weighted by Gasteiger charge is 2.18. The van der Waals surface area contributed by atoms with Crippen LogP contribution in [-0.2, 0) is 0 Å². The molecule has 0 spiro atoms. The summed E-state index contributed by atoms with van der Waals surface area (Å²) in [6, 6.07) is 16.6. The van der Waals surface area contributed by atoms with E-state index in [1.807, 2.05) is 6.07 Å². The fraction of sp³-hybridized carbons (Fsp3) is 0. The fourth-order valence-electron chi connectivity index (χ4n) is 2.85. The number of allylic oxidation sites excluding steroid dienone is 1. The minimum atomic E-state index is -0.456. The number of benzene rings is 2. The Morgan fingerprint density at radius 2 is 1.93 bits per heavy atom. The van der Waals surface area contributed by atoms with Crippen molar-refractivity contribution in [3.05, 3.63) is 86.6 Å². The van der Waals surface area contributed by atoms with Crippen molar-refractivity contribution in [3.63, 3.8) is 0 Å². The number of nitrogens with zero attached hydrogens (tertiary/aromatic N) is 2.